The first-order valence-electron chi connectivity index (χ1n) is 5.12. The third-order valence-electron chi connectivity index (χ3n) is 2.12. The van der Waals surface area contributed by atoms with Gasteiger partial charge in [0.25, 0.3) is 6.08 Å². The van der Waals surface area contributed by atoms with Crippen LogP contribution in [0.2, 0.25) is 0 Å². The van der Waals surface area contributed by atoms with Crippen molar-refractivity contribution in [2.24, 2.45) is 4.99 Å². The Labute approximate surface area is 112 Å². The lowest BCUT2D eigenvalue weighted by Crippen LogP contribution is -2.00. The van der Waals surface area contributed by atoms with E-state index in [4.69, 9.17) is 9.79 Å². The highest BCUT2D eigenvalue weighted by molar-refractivity contribution is 7.46. The van der Waals surface area contributed by atoms with Crippen LogP contribution >= 0.6 is 7.82 Å². The van der Waals surface area contributed by atoms with E-state index in [2.05, 4.69) is 14.5 Å². The largest absolute Gasteiger partial charge is 0.505 e. The van der Waals surface area contributed by atoms with Gasteiger partial charge >= 0.3 is 7.82 Å². The fourth-order valence-corrected chi connectivity index (χ4v) is 1.54. The third kappa shape index (κ3) is 5.14. The monoisotopic (exact) mass is 308 g/mol. The first-order chi connectivity index (χ1) is 9.20. The van der Waals surface area contributed by atoms with Gasteiger partial charge in [-0.2, -0.15) is 8.78 Å². The Morgan fingerprint density at radius 1 is 1.55 bits per heavy atom. The number of pyridine rings is 1. The van der Waals surface area contributed by atoms with Crippen molar-refractivity contribution in [1.29, 1.82) is 0 Å². The maximum Gasteiger partial charge on any atom is 0.469 e. The van der Waals surface area contributed by atoms with Crippen LogP contribution in [0.3, 0.4) is 0 Å². The molecule has 0 atom stereocenters. The summed E-state index contributed by atoms with van der Waals surface area (Å²) < 4.78 is 38.6. The smallest absolute Gasteiger partial charge is 0.469 e. The van der Waals surface area contributed by atoms with Crippen molar-refractivity contribution in [1.82, 2.24) is 4.98 Å². The molecule has 0 radical (unpaired) electrons. The molecule has 0 spiro atoms. The number of phosphoric acid groups is 1. The van der Waals surface area contributed by atoms with Crippen molar-refractivity contribution in [3.05, 3.63) is 35.3 Å². The van der Waals surface area contributed by atoms with Gasteiger partial charge in [-0.25, -0.2) is 4.57 Å². The van der Waals surface area contributed by atoms with Crippen molar-refractivity contribution < 1.29 is 32.8 Å². The summed E-state index contributed by atoms with van der Waals surface area (Å²) in [6.45, 7) is 0.903. The second kappa shape index (κ2) is 6.67. The number of aryl methyl sites for hydroxylation is 1. The van der Waals surface area contributed by atoms with E-state index in [1.54, 1.807) is 0 Å². The average molecular weight is 308 g/mol. The number of halogens is 2. The summed E-state index contributed by atoms with van der Waals surface area (Å²) in [7, 11) is -4.71. The minimum absolute atomic E-state index is 0.0107. The number of aromatic nitrogens is 1. The lowest BCUT2D eigenvalue weighted by atomic mass is 10.1. The zero-order valence-corrected chi connectivity index (χ0v) is 11.1. The molecule has 0 unspecified atom stereocenters. The number of rotatable bonds is 5. The summed E-state index contributed by atoms with van der Waals surface area (Å²) >= 11 is 0. The minimum Gasteiger partial charge on any atom is -0.505 e. The molecule has 0 aliphatic heterocycles. The number of nitrogens with zero attached hydrogens (tertiary/aromatic N) is 2. The number of aromatic hydroxyl groups is 1. The molecule has 0 amide bonds. The van der Waals surface area contributed by atoms with Crippen LogP contribution in [0.25, 0.3) is 0 Å². The third-order valence-corrected chi connectivity index (χ3v) is 2.59. The Kier molecular flexibility index (Phi) is 5.46. The molecular formula is C10H11F2N2O5P. The summed E-state index contributed by atoms with van der Waals surface area (Å²) in [4.78, 5) is 24.3. The number of hydrogen-bond donors (Lipinski definition) is 3. The second-order valence-corrected chi connectivity index (χ2v) is 4.83. The number of aliphatic imine (C=N–C) groups is 1. The summed E-state index contributed by atoms with van der Waals surface area (Å²) in [5.41, 5.74) is 0.285. The van der Waals surface area contributed by atoms with Gasteiger partial charge in [0.2, 0.25) is 0 Å². The first kappa shape index (κ1) is 16.4. The van der Waals surface area contributed by atoms with E-state index in [1.165, 1.54) is 13.1 Å². The number of hydrogen-bond acceptors (Lipinski definition) is 5. The molecule has 1 aromatic rings. The molecule has 0 saturated carbocycles. The van der Waals surface area contributed by atoms with Crippen molar-refractivity contribution >= 4 is 14.0 Å². The highest BCUT2D eigenvalue weighted by Crippen LogP contribution is 2.37. The molecular weight excluding hydrogens is 297 g/mol. The highest BCUT2D eigenvalue weighted by atomic mass is 31.2. The SMILES string of the molecule is Cc1ncc(COP(=O)(O)O)c(C=NC=C(F)F)c1O. The molecule has 0 aromatic carbocycles. The highest BCUT2D eigenvalue weighted by Gasteiger charge is 2.17. The quantitative estimate of drug-likeness (QED) is 0.565. The fraction of sp³-hybridized carbons (Fsp3) is 0.200. The van der Waals surface area contributed by atoms with Gasteiger partial charge < -0.3 is 14.9 Å². The van der Waals surface area contributed by atoms with Crippen LogP contribution in [0.5, 0.6) is 5.75 Å². The summed E-state index contributed by atoms with van der Waals surface area (Å²) in [5, 5.41) is 9.76. The van der Waals surface area contributed by atoms with Gasteiger partial charge in [0, 0.05) is 23.5 Å². The van der Waals surface area contributed by atoms with Gasteiger partial charge in [0.15, 0.2) is 0 Å². The van der Waals surface area contributed by atoms with E-state index in [0.717, 1.165) is 6.21 Å². The van der Waals surface area contributed by atoms with Crippen molar-refractivity contribution in [3.63, 3.8) is 0 Å². The van der Waals surface area contributed by atoms with E-state index >= 15 is 0 Å². The summed E-state index contributed by atoms with van der Waals surface area (Å²) in [6, 6.07) is 0. The Hall–Kier alpha value is -1.67. The Morgan fingerprint density at radius 3 is 2.75 bits per heavy atom. The molecule has 0 aliphatic carbocycles. The normalized spacial score (nSPS) is 11.8. The summed E-state index contributed by atoms with van der Waals surface area (Å²) in [5.74, 6) is -0.340. The fourth-order valence-electron chi connectivity index (χ4n) is 1.23. The topological polar surface area (TPSA) is 112 Å². The van der Waals surface area contributed by atoms with Gasteiger partial charge in [-0.05, 0) is 6.92 Å². The predicted octanol–water partition coefficient (Wildman–Crippen LogP) is 1.86. The lowest BCUT2D eigenvalue weighted by Gasteiger charge is -2.10. The van der Waals surface area contributed by atoms with Crippen LogP contribution in [-0.4, -0.2) is 26.1 Å². The van der Waals surface area contributed by atoms with Gasteiger partial charge in [-0.1, -0.05) is 0 Å². The van der Waals surface area contributed by atoms with Crippen LogP contribution in [-0.2, 0) is 15.7 Å². The Bertz CT molecular complexity index is 596. The molecule has 7 nitrogen and oxygen atoms in total. The molecule has 0 saturated heterocycles. The molecule has 10 heteroatoms. The standard InChI is InChI=1S/C10H11F2N2O5P/c1-6-10(15)8(3-13-4-9(11)12)7(2-14-6)5-19-20(16,17)18/h2-4,15H,5H2,1H3,(H2,16,17,18). The van der Waals surface area contributed by atoms with E-state index < -0.39 is 20.5 Å². The Morgan fingerprint density at radius 2 is 2.20 bits per heavy atom. The predicted molar refractivity (Wildman–Crippen MR) is 65.4 cm³/mol. The molecule has 1 aromatic heterocycles. The van der Waals surface area contributed by atoms with Gasteiger partial charge in [-0.15, -0.1) is 0 Å². The van der Waals surface area contributed by atoms with E-state index in [0.29, 0.717) is 0 Å². The minimum atomic E-state index is -4.71. The van der Waals surface area contributed by atoms with Crippen LogP contribution in [0, 0.1) is 6.92 Å². The molecule has 3 N–H and O–H groups in total. The van der Waals surface area contributed by atoms with Crippen LogP contribution in [0.1, 0.15) is 16.8 Å². The van der Waals surface area contributed by atoms with Crippen molar-refractivity contribution in [3.8, 4) is 5.75 Å². The maximum atomic E-state index is 11.9. The van der Waals surface area contributed by atoms with E-state index in [9.17, 15) is 18.5 Å². The molecule has 0 bridgehead atoms. The zero-order valence-electron chi connectivity index (χ0n) is 10.2. The Balaban J connectivity index is 3.11. The maximum absolute atomic E-state index is 11.9. The molecule has 0 fully saturated rings. The average Bonchev–Trinajstić information content (AvgIpc) is 2.32. The molecule has 1 rings (SSSR count). The van der Waals surface area contributed by atoms with Gasteiger partial charge in [0.1, 0.15) is 5.75 Å². The van der Waals surface area contributed by atoms with Crippen molar-refractivity contribution in [2.45, 2.75) is 13.5 Å². The van der Waals surface area contributed by atoms with E-state index in [-0.39, 0.29) is 28.8 Å². The molecule has 0 aliphatic rings. The van der Waals surface area contributed by atoms with Crippen LogP contribution in [0.15, 0.2) is 23.5 Å². The van der Waals surface area contributed by atoms with Gasteiger partial charge in [0.05, 0.1) is 18.5 Å². The summed E-state index contributed by atoms with van der Waals surface area (Å²) in [6.07, 6.45) is 0.353. The first-order valence-corrected chi connectivity index (χ1v) is 6.65. The van der Waals surface area contributed by atoms with E-state index in [1.807, 2.05) is 0 Å². The van der Waals surface area contributed by atoms with Crippen LogP contribution in [0.4, 0.5) is 8.78 Å². The molecule has 20 heavy (non-hydrogen) atoms. The lowest BCUT2D eigenvalue weighted by molar-refractivity contribution is 0.188. The van der Waals surface area contributed by atoms with Gasteiger partial charge in [-0.3, -0.25) is 14.5 Å². The zero-order chi connectivity index (χ0) is 15.3. The molecule has 110 valence electrons. The van der Waals surface area contributed by atoms with Crippen LogP contribution < -0.4 is 0 Å². The number of phosphoric ester groups is 1. The van der Waals surface area contributed by atoms with Crippen molar-refractivity contribution in [2.75, 3.05) is 0 Å². The second-order valence-electron chi connectivity index (χ2n) is 3.59. The molecule has 1 heterocycles.